The van der Waals surface area contributed by atoms with E-state index in [9.17, 15) is 9.90 Å². The minimum Gasteiger partial charge on any atom is -0.396 e. The van der Waals surface area contributed by atoms with Gasteiger partial charge in [0.05, 0.1) is 0 Å². The summed E-state index contributed by atoms with van der Waals surface area (Å²) in [6, 6.07) is 0.389. The van der Waals surface area contributed by atoms with Crippen LogP contribution in [0.3, 0.4) is 0 Å². The third-order valence-corrected chi connectivity index (χ3v) is 6.06. The molecule has 2 aliphatic carbocycles. The van der Waals surface area contributed by atoms with Crippen molar-refractivity contribution in [2.75, 3.05) is 26.2 Å². The summed E-state index contributed by atoms with van der Waals surface area (Å²) >= 11 is 0. The van der Waals surface area contributed by atoms with E-state index in [4.69, 9.17) is 0 Å². The predicted molar refractivity (Wildman–Crippen MR) is 91.3 cm³/mol. The van der Waals surface area contributed by atoms with Gasteiger partial charge in [0.25, 0.3) is 0 Å². The summed E-state index contributed by atoms with van der Waals surface area (Å²) in [6.45, 7) is 3.51. The Hall–Kier alpha value is -0.810. The van der Waals surface area contributed by atoms with Crippen molar-refractivity contribution in [3.63, 3.8) is 0 Å². The lowest BCUT2D eigenvalue weighted by Gasteiger charge is -2.31. The summed E-state index contributed by atoms with van der Waals surface area (Å²) in [7, 11) is 0. The van der Waals surface area contributed by atoms with Crippen LogP contribution in [0, 0.1) is 11.8 Å². The van der Waals surface area contributed by atoms with Gasteiger partial charge in [0.1, 0.15) is 0 Å². The van der Waals surface area contributed by atoms with Crippen molar-refractivity contribution in [2.24, 2.45) is 11.8 Å². The van der Waals surface area contributed by atoms with Gasteiger partial charge in [0.15, 0.2) is 0 Å². The highest BCUT2D eigenvalue weighted by Crippen LogP contribution is 2.27. The van der Waals surface area contributed by atoms with Crippen LogP contribution in [0.25, 0.3) is 0 Å². The summed E-state index contributed by atoms with van der Waals surface area (Å²) in [4.78, 5) is 14.8. The SMILES string of the molecule is O=C(NC1CCN(CC2CCCC2)C1)NC1CCCCC1CO. The molecule has 3 aliphatic rings. The molecule has 3 unspecified atom stereocenters. The largest absolute Gasteiger partial charge is 0.396 e. The van der Waals surface area contributed by atoms with Crippen molar-refractivity contribution in [1.82, 2.24) is 15.5 Å². The number of aliphatic hydroxyl groups is 1. The molecule has 0 spiro atoms. The Morgan fingerprint density at radius 1 is 1.00 bits per heavy atom. The number of urea groups is 1. The molecule has 132 valence electrons. The lowest BCUT2D eigenvalue weighted by atomic mass is 9.85. The maximum Gasteiger partial charge on any atom is 0.315 e. The zero-order valence-electron chi connectivity index (χ0n) is 14.3. The van der Waals surface area contributed by atoms with E-state index in [-0.39, 0.29) is 30.6 Å². The van der Waals surface area contributed by atoms with Gasteiger partial charge in [-0.25, -0.2) is 4.79 Å². The minimum atomic E-state index is -0.0388. The van der Waals surface area contributed by atoms with E-state index in [2.05, 4.69) is 15.5 Å². The fourth-order valence-corrected chi connectivity index (χ4v) is 4.69. The molecular weight excluding hydrogens is 290 g/mol. The van der Waals surface area contributed by atoms with Crippen molar-refractivity contribution in [3.05, 3.63) is 0 Å². The molecule has 0 aromatic carbocycles. The molecule has 3 atom stereocenters. The second kappa shape index (κ2) is 8.34. The molecular formula is C18H33N3O2. The molecule has 3 fully saturated rings. The monoisotopic (exact) mass is 323 g/mol. The molecule has 0 bridgehead atoms. The molecule has 2 saturated carbocycles. The molecule has 23 heavy (non-hydrogen) atoms. The van der Waals surface area contributed by atoms with E-state index in [1.165, 1.54) is 38.6 Å². The average Bonchev–Trinajstić information content (AvgIpc) is 3.20. The van der Waals surface area contributed by atoms with Gasteiger partial charge in [-0.2, -0.15) is 0 Å². The van der Waals surface area contributed by atoms with Crippen LogP contribution in [-0.2, 0) is 0 Å². The van der Waals surface area contributed by atoms with Crippen LogP contribution >= 0.6 is 0 Å². The molecule has 3 N–H and O–H groups in total. The van der Waals surface area contributed by atoms with Crippen LogP contribution in [0.1, 0.15) is 57.8 Å². The summed E-state index contributed by atoms with van der Waals surface area (Å²) in [5, 5.41) is 15.7. The highest BCUT2D eigenvalue weighted by atomic mass is 16.3. The van der Waals surface area contributed by atoms with Crippen LogP contribution in [0.5, 0.6) is 0 Å². The maximum atomic E-state index is 12.3. The lowest BCUT2D eigenvalue weighted by molar-refractivity contribution is 0.153. The normalized spacial score (nSPS) is 33.0. The summed E-state index contributed by atoms with van der Waals surface area (Å²) in [5.74, 6) is 1.12. The number of hydrogen-bond acceptors (Lipinski definition) is 3. The van der Waals surface area contributed by atoms with Gasteiger partial charge in [-0.15, -0.1) is 0 Å². The number of likely N-dealkylation sites (tertiary alicyclic amines) is 1. The van der Waals surface area contributed by atoms with Gasteiger partial charge in [0.2, 0.25) is 0 Å². The molecule has 3 rings (SSSR count). The van der Waals surface area contributed by atoms with Crippen molar-refractivity contribution in [2.45, 2.75) is 69.9 Å². The molecule has 0 radical (unpaired) electrons. The van der Waals surface area contributed by atoms with Crippen LogP contribution in [0.4, 0.5) is 4.79 Å². The molecule has 1 saturated heterocycles. The second-order valence-electron chi connectivity index (χ2n) is 7.85. The quantitative estimate of drug-likeness (QED) is 0.726. The Labute approximate surface area is 140 Å². The highest BCUT2D eigenvalue weighted by Gasteiger charge is 2.29. The first-order valence-electron chi connectivity index (χ1n) is 9.65. The van der Waals surface area contributed by atoms with Gasteiger partial charge < -0.3 is 20.6 Å². The third-order valence-electron chi connectivity index (χ3n) is 6.06. The average molecular weight is 323 g/mol. The number of nitrogens with zero attached hydrogens (tertiary/aromatic N) is 1. The highest BCUT2D eigenvalue weighted by molar-refractivity contribution is 5.74. The fraction of sp³-hybridized carbons (Fsp3) is 0.944. The zero-order valence-corrected chi connectivity index (χ0v) is 14.3. The van der Waals surface area contributed by atoms with Crippen LogP contribution < -0.4 is 10.6 Å². The number of aliphatic hydroxyl groups excluding tert-OH is 1. The van der Waals surface area contributed by atoms with E-state index in [0.29, 0.717) is 0 Å². The van der Waals surface area contributed by atoms with Crippen molar-refractivity contribution < 1.29 is 9.90 Å². The summed E-state index contributed by atoms with van der Waals surface area (Å²) in [6.07, 6.45) is 11.0. The van der Waals surface area contributed by atoms with E-state index >= 15 is 0 Å². The Bertz CT molecular complexity index is 384. The van der Waals surface area contributed by atoms with E-state index < -0.39 is 0 Å². The number of hydrogen-bond donors (Lipinski definition) is 3. The predicted octanol–water partition coefficient (Wildman–Crippen LogP) is 2.10. The Morgan fingerprint density at radius 2 is 1.74 bits per heavy atom. The Balaban J connectivity index is 1.38. The van der Waals surface area contributed by atoms with Crippen molar-refractivity contribution >= 4 is 6.03 Å². The Morgan fingerprint density at radius 3 is 2.52 bits per heavy atom. The topological polar surface area (TPSA) is 64.6 Å². The van der Waals surface area contributed by atoms with Crippen molar-refractivity contribution in [1.29, 1.82) is 0 Å². The van der Waals surface area contributed by atoms with Crippen LogP contribution in [0.15, 0.2) is 0 Å². The molecule has 1 heterocycles. The van der Waals surface area contributed by atoms with Gasteiger partial charge >= 0.3 is 6.03 Å². The minimum absolute atomic E-state index is 0.0388. The van der Waals surface area contributed by atoms with E-state index in [0.717, 1.165) is 44.7 Å². The standard InChI is InChI=1S/C18H33N3O2/c22-13-15-7-3-4-8-17(15)20-18(23)19-16-9-10-21(12-16)11-14-5-1-2-6-14/h14-17,22H,1-13H2,(H2,19,20,23). The van der Waals surface area contributed by atoms with Gasteiger partial charge in [-0.1, -0.05) is 25.7 Å². The summed E-state index contributed by atoms with van der Waals surface area (Å²) in [5.41, 5.74) is 0. The van der Waals surface area contributed by atoms with Gasteiger partial charge in [-0.05, 0) is 38.0 Å². The molecule has 2 amide bonds. The number of amides is 2. The second-order valence-corrected chi connectivity index (χ2v) is 7.85. The molecule has 5 nitrogen and oxygen atoms in total. The van der Waals surface area contributed by atoms with E-state index in [1.54, 1.807) is 0 Å². The number of carbonyl (C=O) groups is 1. The number of carbonyl (C=O) groups excluding carboxylic acids is 1. The lowest BCUT2D eigenvalue weighted by Crippen LogP contribution is -2.50. The van der Waals surface area contributed by atoms with Crippen LogP contribution in [-0.4, -0.2) is 54.4 Å². The Kier molecular flexibility index (Phi) is 6.17. The third kappa shape index (κ3) is 4.83. The molecule has 5 heteroatoms. The number of rotatable bonds is 5. The first-order valence-corrected chi connectivity index (χ1v) is 9.65. The molecule has 1 aliphatic heterocycles. The first kappa shape index (κ1) is 17.0. The van der Waals surface area contributed by atoms with E-state index in [1.807, 2.05) is 0 Å². The fourth-order valence-electron chi connectivity index (χ4n) is 4.69. The smallest absolute Gasteiger partial charge is 0.315 e. The maximum absolute atomic E-state index is 12.3. The van der Waals surface area contributed by atoms with Crippen LogP contribution in [0.2, 0.25) is 0 Å². The van der Waals surface area contributed by atoms with Gasteiger partial charge in [0, 0.05) is 44.2 Å². The molecule has 0 aromatic rings. The van der Waals surface area contributed by atoms with Gasteiger partial charge in [-0.3, -0.25) is 0 Å². The first-order chi connectivity index (χ1) is 11.2. The molecule has 0 aromatic heterocycles. The summed E-state index contributed by atoms with van der Waals surface area (Å²) < 4.78 is 0. The van der Waals surface area contributed by atoms with Crippen molar-refractivity contribution in [3.8, 4) is 0 Å². The zero-order chi connectivity index (χ0) is 16.1. The number of nitrogens with one attached hydrogen (secondary N) is 2.